The zero-order chi connectivity index (χ0) is 15.4. The Balaban J connectivity index is 1.93. The summed E-state index contributed by atoms with van der Waals surface area (Å²) in [5.41, 5.74) is 2.87. The minimum atomic E-state index is -0.421. The van der Waals surface area contributed by atoms with Crippen LogP contribution < -0.4 is 5.32 Å². The molecule has 0 unspecified atom stereocenters. The molecule has 7 nitrogen and oxygen atoms in total. The van der Waals surface area contributed by atoms with Gasteiger partial charge in [0.05, 0.1) is 10.6 Å². The third-order valence-corrected chi connectivity index (χ3v) is 3.15. The molecule has 0 aliphatic heterocycles. The van der Waals surface area contributed by atoms with Gasteiger partial charge >= 0.3 is 5.69 Å². The van der Waals surface area contributed by atoms with Gasteiger partial charge in [0.15, 0.2) is 0 Å². The Morgan fingerprint density at radius 2 is 2.05 bits per heavy atom. The van der Waals surface area contributed by atoms with Crippen LogP contribution in [-0.4, -0.2) is 26.2 Å². The van der Waals surface area contributed by atoms with Crippen molar-refractivity contribution in [3.63, 3.8) is 0 Å². The fourth-order valence-electron chi connectivity index (χ4n) is 2.16. The normalized spacial score (nSPS) is 10.6. The minimum Gasteiger partial charge on any atom is -0.364 e. The van der Waals surface area contributed by atoms with Crippen LogP contribution in [0, 0.1) is 30.9 Å². The number of nitro groups is 1. The molecule has 1 N–H and O–H groups in total. The van der Waals surface area contributed by atoms with Gasteiger partial charge in [-0.3, -0.25) is 14.8 Å². The second-order valence-corrected chi connectivity index (χ2v) is 5.01. The van der Waals surface area contributed by atoms with Gasteiger partial charge in [0.2, 0.25) is 5.82 Å². The third kappa shape index (κ3) is 3.77. The Hall–Kier alpha value is -2.44. The second kappa shape index (κ2) is 6.34. The molecule has 0 amide bonds. The maximum absolute atomic E-state index is 10.9. The molecule has 21 heavy (non-hydrogen) atoms. The van der Waals surface area contributed by atoms with Crippen molar-refractivity contribution < 1.29 is 4.92 Å². The van der Waals surface area contributed by atoms with Crippen LogP contribution >= 0.6 is 0 Å². The lowest BCUT2D eigenvalue weighted by Gasteiger charge is -2.08. The predicted molar refractivity (Wildman–Crippen MR) is 80.4 cm³/mol. The molecule has 0 saturated carbocycles. The zero-order valence-electron chi connectivity index (χ0n) is 12.5. The minimum absolute atomic E-state index is 0.00622. The monoisotopic (exact) mass is 289 g/mol. The fourth-order valence-corrected chi connectivity index (χ4v) is 2.16. The topological polar surface area (TPSA) is 85.9 Å². The standard InChI is InChI=1S/C14H19N5O2/c1-10-5-6-13(19(20)21)14(16-10)15-7-4-8-18-12(3)9-11(2)17-18/h5-6,9H,4,7-8H2,1-3H3,(H,15,16). The summed E-state index contributed by atoms with van der Waals surface area (Å²) >= 11 is 0. The van der Waals surface area contributed by atoms with Gasteiger partial charge in [0.1, 0.15) is 0 Å². The Bertz CT molecular complexity index is 651. The molecule has 0 aromatic carbocycles. The van der Waals surface area contributed by atoms with Gasteiger partial charge in [0.25, 0.3) is 0 Å². The summed E-state index contributed by atoms with van der Waals surface area (Å²) in [4.78, 5) is 14.7. The Morgan fingerprint density at radius 3 is 2.67 bits per heavy atom. The quantitative estimate of drug-likeness (QED) is 0.502. The first-order valence-electron chi connectivity index (χ1n) is 6.84. The SMILES string of the molecule is Cc1ccc([N+](=O)[O-])c(NCCCn2nc(C)cc2C)n1. The Labute approximate surface area is 123 Å². The van der Waals surface area contributed by atoms with Crippen molar-refractivity contribution in [2.45, 2.75) is 33.7 Å². The largest absolute Gasteiger partial charge is 0.364 e. The van der Waals surface area contributed by atoms with Gasteiger partial charge in [-0.1, -0.05) is 0 Å². The maximum Gasteiger partial charge on any atom is 0.311 e. The Morgan fingerprint density at radius 1 is 1.29 bits per heavy atom. The highest BCUT2D eigenvalue weighted by atomic mass is 16.6. The van der Waals surface area contributed by atoms with Crippen molar-refractivity contribution in [3.05, 3.63) is 45.4 Å². The molecule has 0 spiro atoms. The van der Waals surface area contributed by atoms with E-state index < -0.39 is 4.92 Å². The van der Waals surface area contributed by atoms with E-state index in [0.717, 1.165) is 30.0 Å². The van der Waals surface area contributed by atoms with E-state index in [1.54, 1.807) is 6.07 Å². The van der Waals surface area contributed by atoms with Crippen molar-refractivity contribution >= 4 is 11.5 Å². The first-order valence-corrected chi connectivity index (χ1v) is 6.84. The van der Waals surface area contributed by atoms with Crippen molar-refractivity contribution in [1.29, 1.82) is 0 Å². The van der Waals surface area contributed by atoms with Crippen LogP contribution in [0.2, 0.25) is 0 Å². The van der Waals surface area contributed by atoms with Crippen LogP contribution in [0.4, 0.5) is 11.5 Å². The lowest BCUT2D eigenvalue weighted by molar-refractivity contribution is -0.384. The molecule has 7 heteroatoms. The first-order chi connectivity index (χ1) is 9.97. The molecule has 2 rings (SSSR count). The molecule has 0 saturated heterocycles. The molecule has 2 aromatic heterocycles. The molecule has 0 aliphatic rings. The van der Waals surface area contributed by atoms with Gasteiger partial charge in [-0.05, 0) is 39.3 Å². The van der Waals surface area contributed by atoms with Crippen LogP contribution in [0.25, 0.3) is 0 Å². The molecule has 0 aliphatic carbocycles. The number of nitrogens with zero attached hydrogens (tertiary/aromatic N) is 4. The van der Waals surface area contributed by atoms with E-state index in [-0.39, 0.29) is 5.69 Å². The molecule has 0 atom stereocenters. The van der Waals surface area contributed by atoms with Gasteiger partial charge in [0, 0.05) is 30.5 Å². The summed E-state index contributed by atoms with van der Waals surface area (Å²) < 4.78 is 1.94. The number of hydrogen-bond donors (Lipinski definition) is 1. The van der Waals surface area contributed by atoms with Gasteiger partial charge in [-0.25, -0.2) is 4.98 Å². The number of pyridine rings is 1. The highest BCUT2D eigenvalue weighted by Gasteiger charge is 2.14. The van der Waals surface area contributed by atoms with Crippen molar-refractivity contribution in [1.82, 2.24) is 14.8 Å². The lowest BCUT2D eigenvalue weighted by Crippen LogP contribution is -2.11. The van der Waals surface area contributed by atoms with Gasteiger partial charge in [-0.15, -0.1) is 0 Å². The maximum atomic E-state index is 10.9. The third-order valence-electron chi connectivity index (χ3n) is 3.15. The average molecular weight is 289 g/mol. The first kappa shape index (κ1) is 15.0. The van der Waals surface area contributed by atoms with Crippen LogP contribution in [0.3, 0.4) is 0 Å². The van der Waals surface area contributed by atoms with E-state index in [0.29, 0.717) is 12.4 Å². The van der Waals surface area contributed by atoms with Crippen LogP contribution in [0.15, 0.2) is 18.2 Å². The van der Waals surface area contributed by atoms with Crippen molar-refractivity contribution in [3.8, 4) is 0 Å². The molecular formula is C14H19N5O2. The number of anilines is 1. The summed E-state index contributed by atoms with van der Waals surface area (Å²) in [5.74, 6) is 0.327. The molecule has 0 fully saturated rings. The van der Waals surface area contributed by atoms with E-state index in [1.807, 2.05) is 31.5 Å². The molecule has 112 valence electrons. The number of nitrogens with one attached hydrogen (secondary N) is 1. The number of rotatable bonds is 6. The highest BCUT2D eigenvalue weighted by Crippen LogP contribution is 2.21. The predicted octanol–water partition coefficient (Wildman–Crippen LogP) is 2.61. The van der Waals surface area contributed by atoms with E-state index >= 15 is 0 Å². The van der Waals surface area contributed by atoms with Crippen LogP contribution in [0.5, 0.6) is 0 Å². The van der Waals surface area contributed by atoms with E-state index in [2.05, 4.69) is 15.4 Å². The van der Waals surface area contributed by atoms with Crippen molar-refractivity contribution in [2.75, 3.05) is 11.9 Å². The molecular weight excluding hydrogens is 270 g/mol. The smallest absolute Gasteiger partial charge is 0.311 e. The molecule has 0 bridgehead atoms. The van der Waals surface area contributed by atoms with E-state index in [1.165, 1.54) is 6.07 Å². The highest BCUT2D eigenvalue weighted by molar-refractivity contribution is 5.55. The van der Waals surface area contributed by atoms with Gasteiger partial charge in [-0.2, -0.15) is 5.10 Å². The average Bonchev–Trinajstić information content (AvgIpc) is 2.73. The summed E-state index contributed by atoms with van der Waals surface area (Å²) in [7, 11) is 0. The zero-order valence-corrected chi connectivity index (χ0v) is 12.5. The summed E-state index contributed by atoms with van der Waals surface area (Å²) in [6.07, 6.45) is 0.814. The van der Waals surface area contributed by atoms with Crippen LogP contribution in [0.1, 0.15) is 23.5 Å². The number of hydrogen-bond acceptors (Lipinski definition) is 5. The summed E-state index contributed by atoms with van der Waals surface area (Å²) in [5, 5.41) is 18.4. The number of aromatic nitrogens is 3. The molecule has 0 radical (unpaired) electrons. The van der Waals surface area contributed by atoms with E-state index in [9.17, 15) is 10.1 Å². The van der Waals surface area contributed by atoms with Crippen molar-refractivity contribution in [2.24, 2.45) is 0 Å². The summed E-state index contributed by atoms with van der Waals surface area (Å²) in [6, 6.07) is 5.14. The van der Waals surface area contributed by atoms with E-state index in [4.69, 9.17) is 0 Å². The molecule has 2 heterocycles. The number of aryl methyl sites for hydroxylation is 4. The summed E-state index contributed by atoms with van der Waals surface area (Å²) in [6.45, 7) is 7.16. The Kier molecular flexibility index (Phi) is 4.52. The van der Waals surface area contributed by atoms with Gasteiger partial charge < -0.3 is 5.32 Å². The van der Waals surface area contributed by atoms with Crippen LogP contribution in [-0.2, 0) is 6.54 Å². The second-order valence-electron chi connectivity index (χ2n) is 5.01. The molecule has 2 aromatic rings. The fraction of sp³-hybridized carbons (Fsp3) is 0.429. The lowest BCUT2D eigenvalue weighted by atomic mass is 10.3.